The highest BCUT2D eigenvalue weighted by atomic mass is 19.1. The zero-order valence-electron chi connectivity index (χ0n) is 12.6. The highest BCUT2D eigenvalue weighted by Crippen LogP contribution is 2.28. The van der Waals surface area contributed by atoms with Crippen LogP contribution in [0.25, 0.3) is 6.08 Å². The highest BCUT2D eigenvalue weighted by molar-refractivity contribution is 6.31. The van der Waals surface area contributed by atoms with Crippen LogP contribution in [0, 0.1) is 5.82 Å². The van der Waals surface area contributed by atoms with Crippen LogP contribution in [-0.4, -0.2) is 24.0 Å². The van der Waals surface area contributed by atoms with Gasteiger partial charge < -0.3 is 9.84 Å². The lowest BCUT2D eigenvalue weighted by molar-refractivity contribution is -0.117. The van der Waals surface area contributed by atoms with Crippen molar-refractivity contribution < 1.29 is 23.8 Å². The Morgan fingerprint density at radius 1 is 1.17 bits per heavy atom. The van der Waals surface area contributed by atoms with Crippen LogP contribution >= 0.6 is 0 Å². The Kier molecular flexibility index (Phi) is 3.91. The molecule has 0 aromatic heterocycles. The molecule has 0 atom stereocenters. The summed E-state index contributed by atoms with van der Waals surface area (Å²) in [6.07, 6.45) is 1.39. The van der Waals surface area contributed by atoms with Crippen LogP contribution in [0.1, 0.15) is 5.56 Å². The van der Waals surface area contributed by atoms with Crippen LogP contribution in [0.4, 0.5) is 10.1 Å². The molecule has 2 amide bonds. The van der Waals surface area contributed by atoms with Crippen molar-refractivity contribution in [2.24, 2.45) is 0 Å². The summed E-state index contributed by atoms with van der Waals surface area (Å²) in [4.78, 5) is 24.5. The summed E-state index contributed by atoms with van der Waals surface area (Å²) in [6, 6.07) is 9.62. The number of hydrogen-bond donors (Lipinski definition) is 2. The second-order valence-electron chi connectivity index (χ2n) is 5.05. The first kappa shape index (κ1) is 15.5. The van der Waals surface area contributed by atoms with E-state index < -0.39 is 17.6 Å². The maximum absolute atomic E-state index is 13.0. The first-order valence-electron chi connectivity index (χ1n) is 6.99. The summed E-state index contributed by atoms with van der Waals surface area (Å²) in [6.45, 7) is 0. The number of hydrogen-bond acceptors (Lipinski definition) is 4. The molecule has 1 heterocycles. The lowest BCUT2D eigenvalue weighted by atomic mass is 10.1. The van der Waals surface area contributed by atoms with Crippen LogP contribution in [0.15, 0.2) is 48.0 Å². The molecule has 2 aromatic rings. The number of phenols is 1. The standard InChI is InChI=1S/C17H13FN2O4/c1-24-15-9-10(2-7-14(15)21)8-13-16(22)19-20(17(13)23)12-5-3-11(18)4-6-12/h2-9,21H,1H3,(H,19,22). The maximum Gasteiger partial charge on any atom is 0.282 e. The van der Waals surface area contributed by atoms with Crippen molar-refractivity contribution in [3.8, 4) is 11.5 Å². The number of ether oxygens (including phenoxy) is 1. The topological polar surface area (TPSA) is 78.9 Å². The summed E-state index contributed by atoms with van der Waals surface area (Å²) >= 11 is 0. The zero-order valence-corrected chi connectivity index (χ0v) is 12.6. The first-order valence-corrected chi connectivity index (χ1v) is 6.99. The van der Waals surface area contributed by atoms with E-state index in [9.17, 15) is 19.1 Å². The Morgan fingerprint density at radius 3 is 2.54 bits per heavy atom. The van der Waals surface area contributed by atoms with Gasteiger partial charge in [0.2, 0.25) is 0 Å². The van der Waals surface area contributed by atoms with Gasteiger partial charge in [0.05, 0.1) is 12.8 Å². The SMILES string of the molecule is COc1cc(C=C2C(=O)NN(c3ccc(F)cc3)C2=O)ccc1O. The fourth-order valence-corrected chi connectivity index (χ4v) is 2.28. The molecule has 1 aliphatic rings. The first-order chi connectivity index (χ1) is 11.5. The molecule has 3 rings (SSSR count). The molecule has 0 bridgehead atoms. The van der Waals surface area contributed by atoms with Gasteiger partial charge in [-0.2, -0.15) is 0 Å². The Hall–Kier alpha value is -3.35. The van der Waals surface area contributed by atoms with Gasteiger partial charge in [-0.05, 0) is 48.0 Å². The average molecular weight is 328 g/mol. The number of hydrazine groups is 1. The molecule has 1 saturated heterocycles. The Balaban J connectivity index is 1.93. The number of anilines is 1. The Bertz CT molecular complexity index is 846. The average Bonchev–Trinajstić information content (AvgIpc) is 2.85. The van der Waals surface area contributed by atoms with Gasteiger partial charge in [-0.15, -0.1) is 0 Å². The normalized spacial score (nSPS) is 15.8. The number of halogens is 1. The largest absolute Gasteiger partial charge is 0.504 e. The molecule has 0 aliphatic carbocycles. The van der Waals surface area contributed by atoms with E-state index in [1.807, 2.05) is 0 Å². The van der Waals surface area contributed by atoms with Crippen LogP contribution in [0.5, 0.6) is 11.5 Å². The van der Waals surface area contributed by atoms with Crippen LogP contribution < -0.4 is 15.2 Å². The van der Waals surface area contributed by atoms with Crippen molar-refractivity contribution in [2.45, 2.75) is 0 Å². The van der Waals surface area contributed by atoms with Crippen molar-refractivity contribution in [3.63, 3.8) is 0 Å². The molecule has 6 nitrogen and oxygen atoms in total. The van der Waals surface area contributed by atoms with Crippen molar-refractivity contribution in [1.82, 2.24) is 5.43 Å². The van der Waals surface area contributed by atoms with Crippen LogP contribution in [-0.2, 0) is 9.59 Å². The van der Waals surface area contributed by atoms with Crippen molar-refractivity contribution >= 4 is 23.6 Å². The molecule has 2 N–H and O–H groups in total. The number of rotatable bonds is 3. The number of aromatic hydroxyl groups is 1. The lowest BCUT2D eigenvalue weighted by Gasteiger charge is -2.14. The molecular formula is C17H13FN2O4. The quantitative estimate of drug-likeness (QED) is 0.667. The fourth-order valence-electron chi connectivity index (χ4n) is 2.28. The van der Waals surface area contributed by atoms with Gasteiger partial charge in [-0.3, -0.25) is 15.0 Å². The van der Waals surface area contributed by atoms with Crippen molar-refractivity contribution in [1.29, 1.82) is 0 Å². The van der Waals surface area contributed by atoms with Gasteiger partial charge in [-0.1, -0.05) is 6.07 Å². The zero-order chi connectivity index (χ0) is 17.3. The summed E-state index contributed by atoms with van der Waals surface area (Å²) < 4.78 is 18.0. The molecule has 24 heavy (non-hydrogen) atoms. The third kappa shape index (κ3) is 2.79. The monoisotopic (exact) mass is 328 g/mol. The van der Waals surface area contributed by atoms with E-state index in [-0.39, 0.29) is 17.1 Å². The predicted octanol–water partition coefficient (Wildman–Crippen LogP) is 2.00. The summed E-state index contributed by atoms with van der Waals surface area (Å²) in [5.41, 5.74) is 3.21. The number of benzene rings is 2. The minimum atomic E-state index is -0.573. The molecule has 2 aromatic carbocycles. The number of carbonyl (C=O) groups is 2. The second-order valence-corrected chi connectivity index (χ2v) is 5.05. The van der Waals surface area contributed by atoms with E-state index in [0.717, 1.165) is 5.01 Å². The number of phenolic OH excluding ortho intramolecular Hbond substituents is 1. The summed E-state index contributed by atoms with van der Waals surface area (Å²) in [7, 11) is 1.40. The number of amides is 2. The third-order valence-corrected chi connectivity index (χ3v) is 3.49. The predicted molar refractivity (Wildman–Crippen MR) is 84.7 cm³/mol. The lowest BCUT2D eigenvalue weighted by Crippen LogP contribution is -2.35. The van der Waals surface area contributed by atoms with Gasteiger partial charge in [0.25, 0.3) is 11.8 Å². The number of nitrogens with one attached hydrogen (secondary N) is 1. The van der Waals surface area contributed by atoms with Crippen LogP contribution in [0.2, 0.25) is 0 Å². The minimum absolute atomic E-state index is 0.0465. The smallest absolute Gasteiger partial charge is 0.282 e. The van der Waals surface area contributed by atoms with E-state index in [2.05, 4.69) is 5.43 Å². The number of methoxy groups -OCH3 is 1. The fraction of sp³-hybridized carbons (Fsp3) is 0.0588. The van der Waals surface area contributed by atoms with E-state index in [0.29, 0.717) is 11.3 Å². The third-order valence-electron chi connectivity index (χ3n) is 3.49. The van der Waals surface area contributed by atoms with Gasteiger partial charge in [0.15, 0.2) is 11.5 Å². The highest BCUT2D eigenvalue weighted by Gasteiger charge is 2.34. The molecule has 7 heteroatoms. The Morgan fingerprint density at radius 2 is 1.88 bits per heavy atom. The van der Waals surface area contributed by atoms with E-state index >= 15 is 0 Å². The van der Waals surface area contributed by atoms with Crippen molar-refractivity contribution in [3.05, 3.63) is 59.4 Å². The van der Waals surface area contributed by atoms with Crippen molar-refractivity contribution in [2.75, 3.05) is 12.1 Å². The van der Waals surface area contributed by atoms with E-state index in [4.69, 9.17) is 4.74 Å². The molecular weight excluding hydrogens is 315 g/mol. The minimum Gasteiger partial charge on any atom is -0.504 e. The number of carbonyl (C=O) groups excluding carboxylic acids is 2. The summed E-state index contributed by atoms with van der Waals surface area (Å²) in [5.74, 6) is -1.39. The van der Waals surface area contributed by atoms with E-state index in [1.165, 1.54) is 49.6 Å². The molecule has 0 unspecified atom stereocenters. The van der Waals surface area contributed by atoms with E-state index in [1.54, 1.807) is 6.07 Å². The van der Waals surface area contributed by atoms with Gasteiger partial charge in [0, 0.05) is 0 Å². The van der Waals surface area contributed by atoms with Gasteiger partial charge >= 0.3 is 0 Å². The summed E-state index contributed by atoms with van der Waals surface area (Å²) in [5, 5.41) is 10.6. The molecule has 0 radical (unpaired) electrons. The Labute approximate surface area is 136 Å². The molecule has 0 saturated carbocycles. The molecule has 122 valence electrons. The van der Waals surface area contributed by atoms with Crippen LogP contribution in [0.3, 0.4) is 0 Å². The second kappa shape index (κ2) is 6.04. The molecule has 1 fully saturated rings. The number of nitrogens with zero attached hydrogens (tertiary/aromatic N) is 1. The van der Waals surface area contributed by atoms with Gasteiger partial charge in [-0.25, -0.2) is 9.40 Å². The molecule has 1 aliphatic heterocycles. The van der Waals surface area contributed by atoms with Gasteiger partial charge in [0.1, 0.15) is 11.4 Å². The maximum atomic E-state index is 13.0. The molecule has 0 spiro atoms.